The van der Waals surface area contributed by atoms with Gasteiger partial charge in [0.15, 0.2) is 0 Å². The molecule has 0 saturated carbocycles. The quantitative estimate of drug-likeness (QED) is 0.611. The van der Waals surface area contributed by atoms with Gasteiger partial charge in [-0.25, -0.2) is 0 Å². The molecule has 0 bridgehead atoms. The highest BCUT2D eigenvalue weighted by Crippen LogP contribution is 2.21. The van der Waals surface area contributed by atoms with Crippen molar-refractivity contribution in [2.24, 2.45) is 0 Å². The van der Waals surface area contributed by atoms with Crippen molar-refractivity contribution >= 4 is 0 Å². The Labute approximate surface area is 75.5 Å². The lowest BCUT2D eigenvalue weighted by molar-refractivity contribution is 0.116. The number of hydrogen-bond acceptors (Lipinski definition) is 2. The van der Waals surface area contributed by atoms with Crippen LogP contribution in [0.4, 0.5) is 0 Å². The Morgan fingerprint density at radius 1 is 1.17 bits per heavy atom. The minimum Gasteiger partial charge on any atom is -0.299 e. The molecule has 2 heteroatoms. The summed E-state index contributed by atoms with van der Waals surface area (Å²) in [6.45, 7) is 9.96. The van der Waals surface area contributed by atoms with Crippen molar-refractivity contribution in [3.63, 3.8) is 0 Å². The number of nitrogens with zero attached hydrogens (tertiary/aromatic N) is 2. The van der Waals surface area contributed by atoms with Gasteiger partial charge in [0.05, 0.1) is 0 Å². The molecule has 2 aliphatic rings. The zero-order chi connectivity index (χ0) is 8.55. The third kappa shape index (κ3) is 1.50. The summed E-state index contributed by atoms with van der Waals surface area (Å²) >= 11 is 0. The Kier molecular flexibility index (Phi) is 2.37. The van der Waals surface area contributed by atoms with Gasteiger partial charge in [-0.2, -0.15) is 0 Å². The fraction of sp³-hybridized carbons (Fsp3) is 1.00. The summed E-state index contributed by atoms with van der Waals surface area (Å²) in [6, 6.07) is 1.64. The molecule has 2 nitrogen and oxygen atoms in total. The van der Waals surface area contributed by atoms with Crippen LogP contribution in [0.2, 0.25) is 0 Å². The van der Waals surface area contributed by atoms with Crippen LogP contribution < -0.4 is 0 Å². The van der Waals surface area contributed by atoms with Gasteiger partial charge in [-0.05, 0) is 39.8 Å². The maximum Gasteiger partial charge on any atom is 0.0235 e. The highest BCUT2D eigenvalue weighted by molar-refractivity contribution is 4.87. The van der Waals surface area contributed by atoms with E-state index in [9.17, 15) is 0 Å². The minimum absolute atomic E-state index is 0.747. The van der Waals surface area contributed by atoms with Gasteiger partial charge in [-0.3, -0.25) is 9.80 Å². The van der Waals surface area contributed by atoms with E-state index in [0.717, 1.165) is 12.1 Å². The van der Waals surface area contributed by atoms with Crippen LogP contribution >= 0.6 is 0 Å². The molecule has 2 fully saturated rings. The van der Waals surface area contributed by atoms with Crippen molar-refractivity contribution in [1.29, 1.82) is 0 Å². The Morgan fingerprint density at radius 2 is 1.92 bits per heavy atom. The first-order valence-electron chi connectivity index (χ1n) is 5.25. The summed E-state index contributed by atoms with van der Waals surface area (Å²) < 4.78 is 0. The topological polar surface area (TPSA) is 6.48 Å². The van der Waals surface area contributed by atoms with Gasteiger partial charge in [-0.1, -0.05) is 0 Å². The highest BCUT2D eigenvalue weighted by atomic mass is 15.3. The molecular weight excluding hydrogens is 148 g/mol. The van der Waals surface area contributed by atoms with E-state index < -0.39 is 0 Å². The summed E-state index contributed by atoms with van der Waals surface area (Å²) in [6.07, 6.45) is 2.83. The Balaban J connectivity index is 1.81. The highest BCUT2D eigenvalue weighted by Gasteiger charge is 2.31. The first-order chi connectivity index (χ1) is 5.77. The molecule has 0 spiro atoms. The van der Waals surface area contributed by atoms with E-state index in [2.05, 4.69) is 23.6 Å². The third-order valence-corrected chi connectivity index (χ3v) is 3.33. The summed E-state index contributed by atoms with van der Waals surface area (Å²) in [5, 5.41) is 0. The Hall–Kier alpha value is -0.0800. The lowest BCUT2D eigenvalue weighted by Crippen LogP contribution is -2.46. The van der Waals surface area contributed by atoms with Gasteiger partial charge < -0.3 is 0 Å². The molecule has 0 aromatic rings. The molecule has 2 heterocycles. The summed E-state index contributed by atoms with van der Waals surface area (Å²) in [5.74, 6) is 0. The van der Waals surface area contributed by atoms with Gasteiger partial charge in [0, 0.05) is 25.2 Å². The predicted octanol–water partition coefficient (Wildman–Crippen LogP) is 1.17. The maximum atomic E-state index is 2.64. The van der Waals surface area contributed by atoms with Crippen LogP contribution in [0.5, 0.6) is 0 Å². The average Bonchev–Trinajstić information content (AvgIpc) is 2.32. The van der Waals surface area contributed by atoms with E-state index >= 15 is 0 Å². The normalized spacial score (nSPS) is 32.8. The zero-order valence-electron chi connectivity index (χ0n) is 8.29. The second-order valence-electron chi connectivity index (χ2n) is 4.42. The SMILES string of the molecule is CC(C)N1CCC(N2CCC2)C1. The molecule has 0 radical (unpaired) electrons. The molecule has 2 aliphatic heterocycles. The van der Waals surface area contributed by atoms with Crippen LogP contribution in [0.15, 0.2) is 0 Å². The van der Waals surface area contributed by atoms with E-state index in [-0.39, 0.29) is 0 Å². The monoisotopic (exact) mass is 168 g/mol. The molecule has 1 unspecified atom stereocenters. The second-order valence-corrected chi connectivity index (χ2v) is 4.42. The largest absolute Gasteiger partial charge is 0.299 e. The van der Waals surface area contributed by atoms with Crippen molar-refractivity contribution in [1.82, 2.24) is 9.80 Å². The molecule has 70 valence electrons. The Morgan fingerprint density at radius 3 is 2.33 bits per heavy atom. The van der Waals surface area contributed by atoms with Crippen LogP contribution in [-0.4, -0.2) is 48.1 Å². The fourth-order valence-electron chi connectivity index (χ4n) is 2.24. The number of likely N-dealkylation sites (tertiary alicyclic amines) is 2. The van der Waals surface area contributed by atoms with Crippen molar-refractivity contribution in [3.05, 3.63) is 0 Å². The van der Waals surface area contributed by atoms with Gasteiger partial charge in [-0.15, -0.1) is 0 Å². The van der Waals surface area contributed by atoms with Crippen molar-refractivity contribution in [2.45, 2.75) is 38.8 Å². The lowest BCUT2D eigenvalue weighted by atomic mass is 10.1. The van der Waals surface area contributed by atoms with Crippen LogP contribution in [0.1, 0.15) is 26.7 Å². The molecule has 0 aromatic heterocycles. The molecular formula is C10H20N2. The molecule has 0 aromatic carbocycles. The van der Waals surface area contributed by atoms with E-state index in [4.69, 9.17) is 0 Å². The van der Waals surface area contributed by atoms with Crippen molar-refractivity contribution in [2.75, 3.05) is 26.2 Å². The molecule has 0 aliphatic carbocycles. The molecule has 0 N–H and O–H groups in total. The summed E-state index contributed by atoms with van der Waals surface area (Å²) in [7, 11) is 0. The van der Waals surface area contributed by atoms with E-state index in [1.165, 1.54) is 39.0 Å². The lowest BCUT2D eigenvalue weighted by Gasteiger charge is -2.36. The third-order valence-electron chi connectivity index (χ3n) is 3.33. The predicted molar refractivity (Wildman–Crippen MR) is 51.3 cm³/mol. The van der Waals surface area contributed by atoms with Crippen molar-refractivity contribution in [3.8, 4) is 0 Å². The standard InChI is InChI=1S/C10H20N2/c1-9(2)12-7-4-10(8-12)11-5-3-6-11/h9-10H,3-8H2,1-2H3. The fourth-order valence-corrected chi connectivity index (χ4v) is 2.24. The minimum atomic E-state index is 0.747. The Bertz CT molecular complexity index is 152. The maximum absolute atomic E-state index is 2.64. The zero-order valence-corrected chi connectivity index (χ0v) is 8.29. The first-order valence-corrected chi connectivity index (χ1v) is 5.25. The molecule has 12 heavy (non-hydrogen) atoms. The first kappa shape index (κ1) is 8.52. The van der Waals surface area contributed by atoms with Gasteiger partial charge >= 0.3 is 0 Å². The van der Waals surface area contributed by atoms with Crippen LogP contribution in [0.3, 0.4) is 0 Å². The van der Waals surface area contributed by atoms with E-state index in [1.54, 1.807) is 0 Å². The molecule has 2 saturated heterocycles. The van der Waals surface area contributed by atoms with Gasteiger partial charge in [0.25, 0.3) is 0 Å². The number of hydrogen-bond donors (Lipinski definition) is 0. The molecule has 0 amide bonds. The van der Waals surface area contributed by atoms with Gasteiger partial charge in [0.2, 0.25) is 0 Å². The van der Waals surface area contributed by atoms with E-state index in [1.807, 2.05) is 0 Å². The van der Waals surface area contributed by atoms with Gasteiger partial charge in [0.1, 0.15) is 0 Å². The number of rotatable bonds is 2. The van der Waals surface area contributed by atoms with Crippen LogP contribution in [-0.2, 0) is 0 Å². The van der Waals surface area contributed by atoms with Crippen LogP contribution in [0.25, 0.3) is 0 Å². The van der Waals surface area contributed by atoms with Crippen LogP contribution in [0, 0.1) is 0 Å². The average molecular weight is 168 g/mol. The molecule has 2 rings (SSSR count). The second kappa shape index (κ2) is 3.35. The summed E-state index contributed by atoms with van der Waals surface area (Å²) in [4.78, 5) is 5.24. The van der Waals surface area contributed by atoms with E-state index in [0.29, 0.717) is 0 Å². The smallest absolute Gasteiger partial charge is 0.0235 e. The molecule has 1 atom stereocenters. The summed E-state index contributed by atoms with van der Waals surface area (Å²) in [5.41, 5.74) is 0. The van der Waals surface area contributed by atoms with Crippen molar-refractivity contribution < 1.29 is 0 Å².